The number of alkyl halides is 3. The molecule has 1 saturated carbocycles. The molecule has 118 valence electrons. The largest absolute Gasteiger partial charge is 0.416 e. The van der Waals surface area contributed by atoms with Crippen LogP contribution in [-0.2, 0) is 10.9 Å². The predicted molar refractivity (Wildman–Crippen MR) is 77.3 cm³/mol. The first-order valence-electron chi connectivity index (χ1n) is 7.79. The van der Waals surface area contributed by atoms with Gasteiger partial charge in [-0.25, -0.2) is 0 Å². The molecule has 4 heteroatoms. The second kappa shape index (κ2) is 7.30. The number of ether oxygens (including phenoxy) is 1. The molecule has 0 bridgehead atoms. The van der Waals surface area contributed by atoms with Crippen LogP contribution in [0.15, 0.2) is 24.3 Å². The summed E-state index contributed by atoms with van der Waals surface area (Å²) in [7, 11) is 0. The maximum atomic E-state index is 12.5. The minimum atomic E-state index is -4.25. The van der Waals surface area contributed by atoms with Gasteiger partial charge in [-0.05, 0) is 42.9 Å². The number of rotatable bonds is 7. The first kappa shape index (κ1) is 16.3. The SMILES string of the molecule is CCCCCCO[C@H]1C[C@@H](c2ccc(C(F)(F)F)cc2)C1. The summed E-state index contributed by atoms with van der Waals surface area (Å²) in [5, 5.41) is 0. The minimum Gasteiger partial charge on any atom is -0.378 e. The van der Waals surface area contributed by atoms with Crippen LogP contribution in [0.2, 0.25) is 0 Å². The molecular weight excluding hydrogens is 277 g/mol. The second-order valence-electron chi connectivity index (χ2n) is 5.84. The monoisotopic (exact) mass is 300 g/mol. The van der Waals surface area contributed by atoms with E-state index in [4.69, 9.17) is 4.74 Å². The Morgan fingerprint density at radius 3 is 2.29 bits per heavy atom. The molecule has 0 unspecified atom stereocenters. The van der Waals surface area contributed by atoms with Crippen molar-refractivity contribution in [2.24, 2.45) is 0 Å². The Balaban J connectivity index is 1.69. The summed E-state index contributed by atoms with van der Waals surface area (Å²) in [6.07, 6.45) is 2.70. The maximum absolute atomic E-state index is 12.5. The van der Waals surface area contributed by atoms with Gasteiger partial charge in [-0.2, -0.15) is 13.2 Å². The molecule has 0 spiro atoms. The van der Waals surface area contributed by atoms with Gasteiger partial charge in [0, 0.05) is 6.61 Å². The van der Waals surface area contributed by atoms with Crippen molar-refractivity contribution in [2.75, 3.05) is 6.61 Å². The van der Waals surface area contributed by atoms with E-state index in [-0.39, 0.29) is 0 Å². The minimum absolute atomic E-state index is 0.291. The lowest BCUT2D eigenvalue weighted by atomic mass is 9.77. The fourth-order valence-corrected chi connectivity index (χ4v) is 2.70. The van der Waals surface area contributed by atoms with Crippen LogP contribution in [0.3, 0.4) is 0 Å². The Morgan fingerprint density at radius 2 is 1.71 bits per heavy atom. The quantitative estimate of drug-likeness (QED) is 0.600. The molecule has 2 rings (SSSR count). The zero-order valence-electron chi connectivity index (χ0n) is 12.5. The summed E-state index contributed by atoms with van der Waals surface area (Å²) in [5.41, 5.74) is 0.420. The third kappa shape index (κ3) is 4.73. The van der Waals surface area contributed by atoms with Crippen molar-refractivity contribution >= 4 is 0 Å². The standard InChI is InChI=1S/C17H23F3O/c1-2-3-4-5-10-21-16-11-14(12-16)13-6-8-15(9-7-13)17(18,19)20/h6-9,14,16H,2-5,10-12H2,1H3/t14-,16+. The molecule has 1 aliphatic carbocycles. The zero-order valence-corrected chi connectivity index (χ0v) is 12.5. The number of halogens is 3. The third-order valence-electron chi connectivity index (χ3n) is 4.16. The average molecular weight is 300 g/mol. The van der Waals surface area contributed by atoms with Crippen molar-refractivity contribution in [1.29, 1.82) is 0 Å². The molecule has 1 aliphatic rings. The lowest BCUT2D eigenvalue weighted by Gasteiger charge is -2.35. The highest BCUT2D eigenvalue weighted by Gasteiger charge is 2.33. The Kier molecular flexibility index (Phi) is 5.68. The highest BCUT2D eigenvalue weighted by molar-refractivity contribution is 5.28. The van der Waals surface area contributed by atoms with E-state index < -0.39 is 11.7 Å². The van der Waals surface area contributed by atoms with Gasteiger partial charge in [0.2, 0.25) is 0 Å². The van der Waals surface area contributed by atoms with Crippen LogP contribution in [0.4, 0.5) is 13.2 Å². The molecule has 1 aromatic carbocycles. The third-order valence-corrected chi connectivity index (χ3v) is 4.16. The first-order chi connectivity index (χ1) is 10.0. The van der Waals surface area contributed by atoms with Crippen LogP contribution in [-0.4, -0.2) is 12.7 Å². The van der Waals surface area contributed by atoms with E-state index in [9.17, 15) is 13.2 Å². The summed E-state index contributed by atoms with van der Waals surface area (Å²) in [5.74, 6) is 0.355. The Labute approximate surface area is 124 Å². The van der Waals surface area contributed by atoms with Gasteiger partial charge in [0.15, 0.2) is 0 Å². The van der Waals surface area contributed by atoms with E-state index in [2.05, 4.69) is 6.92 Å². The Bertz CT molecular complexity index is 419. The maximum Gasteiger partial charge on any atom is 0.416 e. The highest BCUT2D eigenvalue weighted by atomic mass is 19.4. The van der Waals surface area contributed by atoms with Crippen molar-refractivity contribution in [1.82, 2.24) is 0 Å². The normalized spacial score (nSPS) is 22.1. The molecule has 0 saturated heterocycles. The molecule has 0 atom stereocenters. The van der Waals surface area contributed by atoms with E-state index >= 15 is 0 Å². The summed E-state index contributed by atoms with van der Waals surface area (Å²) in [4.78, 5) is 0. The van der Waals surface area contributed by atoms with Crippen molar-refractivity contribution < 1.29 is 17.9 Å². The van der Waals surface area contributed by atoms with Gasteiger partial charge in [0.1, 0.15) is 0 Å². The lowest BCUT2D eigenvalue weighted by Crippen LogP contribution is -2.30. The molecule has 0 amide bonds. The number of benzene rings is 1. The zero-order chi connectivity index (χ0) is 15.3. The average Bonchev–Trinajstić information content (AvgIpc) is 2.40. The lowest BCUT2D eigenvalue weighted by molar-refractivity contribution is -0.137. The number of hydrogen-bond donors (Lipinski definition) is 0. The molecule has 0 radical (unpaired) electrons. The summed E-state index contributed by atoms with van der Waals surface area (Å²) >= 11 is 0. The van der Waals surface area contributed by atoms with Crippen LogP contribution in [0.5, 0.6) is 0 Å². The van der Waals surface area contributed by atoms with Crippen molar-refractivity contribution in [3.63, 3.8) is 0 Å². The van der Waals surface area contributed by atoms with Gasteiger partial charge in [-0.3, -0.25) is 0 Å². The topological polar surface area (TPSA) is 9.23 Å². The van der Waals surface area contributed by atoms with E-state index in [0.717, 1.165) is 31.4 Å². The van der Waals surface area contributed by atoms with Crippen LogP contribution >= 0.6 is 0 Å². The first-order valence-corrected chi connectivity index (χ1v) is 7.79. The molecule has 0 N–H and O–H groups in total. The fraction of sp³-hybridized carbons (Fsp3) is 0.647. The Morgan fingerprint density at radius 1 is 1.05 bits per heavy atom. The van der Waals surface area contributed by atoms with E-state index in [0.29, 0.717) is 12.0 Å². The van der Waals surface area contributed by atoms with Crippen molar-refractivity contribution in [3.05, 3.63) is 35.4 Å². The molecule has 0 aliphatic heterocycles. The van der Waals surface area contributed by atoms with Gasteiger partial charge in [0.25, 0.3) is 0 Å². The number of hydrogen-bond acceptors (Lipinski definition) is 1. The Hall–Kier alpha value is -1.03. The van der Waals surface area contributed by atoms with E-state index in [1.807, 2.05) is 0 Å². The van der Waals surface area contributed by atoms with Gasteiger partial charge in [-0.1, -0.05) is 38.3 Å². The predicted octanol–water partition coefficient (Wildman–Crippen LogP) is 5.55. The summed E-state index contributed by atoms with van der Waals surface area (Å²) < 4.78 is 43.2. The van der Waals surface area contributed by atoms with Gasteiger partial charge in [-0.15, -0.1) is 0 Å². The smallest absolute Gasteiger partial charge is 0.378 e. The second-order valence-corrected chi connectivity index (χ2v) is 5.84. The molecule has 0 aromatic heterocycles. The summed E-state index contributed by atoms with van der Waals surface area (Å²) in [6, 6.07) is 5.55. The van der Waals surface area contributed by atoms with Crippen LogP contribution in [0.25, 0.3) is 0 Å². The van der Waals surface area contributed by atoms with Gasteiger partial charge < -0.3 is 4.74 Å². The molecule has 1 fully saturated rings. The molecule has 21 heavy (non-hydrogen) atoms. The van der Waals surface area contributed by atoms with E-state index in [1.165, 1.54) is 31.4 Å². The highest BCUT2D eigenvalue weighted by Crippen LogP contribution is 2.39. The summed E-state index contributed by atoms with van der Waals surface area (Å²) in [6.45, 7) is 2.99. The molecular formula is C17H23F3O. The van der Waals surface area contributed by atoms with Crippen LogP contribution in [0, 0.1) is 0 Å². The van der Waals surface area contributed by atoms with Crippen molar-refractivity contribution in [3.8, 4) is 0 Å². The van der Waals surface area contributed by atoms with Crippen molar-refractivity contribution in [2.45, 2.75) is 63.6 Å². The van der Waals surface area contributed by atoms with E-state index in [1.54, 1.807) is 12.1 Å². The molecule has 1 nitrogen and oxygen atoms in total. The molecule has 1 aromatic rings. The molecule has 0 heterocycles. The number of unbranched alkanes of at least 4 members (excludes halogenated alkanes) is 3. The van der Waals surface area contributed by atoms with Gasteiger partial charge >= 0.3 is 6.18 Å². The fourth-order valence-electron chi connectivity index (χ4n) is 2.70. The van der Waals surface area contributed by atoms with Crippen LogP contribution < -0.4 is 0 Å². The van der Waals surface area contributed by atoms with Crippen LogP contribution in [0.1, 0.15) is 62.5 Å². The van der Waals surface area contributed by atoms with Gasteiger partial charge in [0.05, 0.1) is 11.7 Å².